The Balaban J connectivity index is 3.08. The summed E-state index contributed by atoms with van der Waals surface area (Å²) in [4.78, 5) is 0. The Bertz CT molecular complexity index is 1030. The molecule has 506 valence electrons. The molecule has 0 aromatic heterocycles. The van der Waals surface area contributed by atoms with Crippen molar-refractivity contribution in [2.45, 2.75) is 148 Å². The highest BCUT2D eigenvalue weighted by atomic mass is 16.5. The molecule has 0 radical (unpaired) electrons. The van der Waals surface area contributed by atoms with Crippen molar-refractivity contribution in [3.63, 3.8) is 0 Å². The predicted molar refractivity (Wildman–Crippen MR) is 326 cm³/mol. The van der Waals surface area contributed by atoms with Crippen LogP contribution >= 0.6 is 0 Å². The first kappa shape index (κ1) is 83.2. The fourth-order valence-electron chi connectivity index (χ4n) is 7.51. The third kappa shape index (κ3) is 81.2. The smallest absolute Gasteiger partial charge is 0.0488 e. The Morgan fingerprint density at radius 2 is 0.179 bits per heavy atom. The molecule has 21 nitrogen and oxygen atoms in total. The molecule has 0 aliphatic heterocycles. The van der Waals surface area contributed by atoms with E-state index in [1.807, 2.05) is 0 Å². The summed E-state index contributed by atoms with van der Waals surface area (Å²) in [5.41, 5.74) is 0. The van der Waals surface area contributed by atoms with Gasteiger partial charge >= 0.3 is 0 Å². The lowest BCUT2D eigenvalue weighted by Crippen LogP contribution is -2.08. The minimum atomic E-state index is 0.176. The summed E-state index contributed by atoms with van der Waals surface area (Å²) in [6.45, 7) is 27.2. The van der Waals surface area contributed by atoms with E-state index >= 15 is 0 Å². The summed E-state index contributed by atoms with van der Waals surface area (Å²) in [5, 5.41) is 17.4. The normalized spacial score (nSPS) is 11.8. The van der Waals surface area contributed by atoms with Crippen LogP contribution in [0.2, 0.25) is 0 Å². The Hall–Kier alpha value is -0.840. The third-order valence-electron chi connectivity index (χ3n) is 12.0. The molecular weight excluding hydrogens is 1090 g/mol. The van der Waals surface area contributed by atoms with E-state index in [2.05, 4.69) is 0 Å². The molecule has 84 heavy (non-hydrogen) atoms. The Labute approximate surface area is 510 Å². The van der Waals surface area contributed by atoms with Crippen molar-refractivity contribution in [1.29, 1.82) is 0 Å². The van der Waals surface area contributed by atoms with E-state index in [0.717, 1.165) is 174 Å². The van der Waals surface area contributed by atoms with Gasteiger partial charge in [0.15, 0.2) is 0 Å². The lowest BCUT2D eigenvalue weighted by molar-refractivity contribution is 0.0402. The van der Waals surface area contributed by atoms with Crippen molar-refractivity contribution in [1.82, 2.24) is 0 Å². The van der Waals surface area contributed by atoms with Gasteiger partial charge in [-0.15, -0.1) is 0 Å². The van der Waals surface area contributed by atoms with E-state index in [-0.39, 0.29) is 13.2 Å². The van der Waals surface area contributed by atoms with Crippen molar-refractivity contribution >= 4 is 0 Å². The fourth-order valence-corrected chi connectivity index (χ4v) is 7.51. The first-order valence-corrected chi connectivity index (χ1v) is 33.1. The van der Waals surface area contributed by atoms with E-state index in [4.69, 9.17) is 100 Å². The standard InChI is InChI=1S/C63H128O21/c64-24-5-28-68-32-9-36-72-40-13-44-76-48-17-52-80-56-21-60-82-58-19-54-78-50-15-46-74-42-11-38-70-34-7-30-66-26-3-1-2-4-27-67-31-8-35-71-39-12-43-75-47-16-51-79-55-20-59-83-62-23-63-84-61-22-57-81-53-18-49-77-45-14-41-73-37-10-33-69-29-6-25-65/h64-65H,1-63H2. The van der Waals surface area contributed by atoms with E-state index < -0.39 is 0 Å². The van der Waals surface area contributed by atoms with Crippen LogP contribution in [0.3, 0.4) is 0 Å². The van der Waals surface area contributed by atoms with Crippen molar-refractivity contribution in [3.8, 4) is 0 Å². The number of aliphatic hydroxyl groups excluding tert-OH is 2. The largest absolute Gasteiger partial charge is 0.396 e. The molecule has 0 saturated heterocycles. The van der Waals surface area contributed by atoms with Gasteiger partial charge < -0.3 is 100 Å². The molecule has 0 aromatic carbocycles. The van der Waals surface area contributed by atoms with Crippen LogP contribution in [0.25, 0.3) is 0 Å². The number of aliphatic hydroxyl groups is 2. The summed E-state index contributed by atoms with van der Waals surface area (Å²) >= 11 is 0. The number of unbranched alkanes of at least 4 members (excludes halogenated alkanes) is 3. The summed E-state index contributed by atoms with van der Waals surface area (Å²) in [7, 11) is 0. The van der Waals surface area contributed by atoms with Gasteiger partial charge in [-0.1, -0.05) is 12.8 Å². The topological polar surface area (TPSA) is 216 Å². The van der Waals surface area contributed by atoms with Crippen LogP contribution < -0.4 is 0 Å². The summed E-state index contributed by atoms with van der Waals surface area (Å²) in [6.07, 6.45) is 21.1. The highest BCUT2D eigenvalue weighted by Gasteiger charge is 2.01. The highest BCUT2D eigenvalue weighted by Crippen LogP contribution is 2.03. The summed E-state index contributed by atoms with van der Waals surface area (Å²) < 4.78 is 107. The minimum Gasteiger partial charge on any atom is -0.396 e. The van der Waals surface area contributed by atoms with Crippen LogP contribution in [0.5, 0.6) is 0 Å². The van der Waals surface area contributed by atoms with E-state index in [0.29, 0.717) is 224 Å². The molecule has 0 aliphatic carbocycles. The first-order chi connectivity index (χ1) is 41.9. The molecule has 0 saturated carbocycles. The predicted octanol–water partition coefficient (Wildman–Crippen LogP) is 8.26. The Morgan fingerprint density at radius 1 is 0.0952 bits per heavy atom. The number of rotatable bonds is 81. The van der Waals surface area contributed by atoms with Crippen molar-refractivity contribution in [3.05, 3.63) is 0 Å². The average Bonchev–Trinajstić information content (AvgIpc) is 3.50. The monoisotopic (exact) mass is 1220 g/mol. The van der Waals surface area contributed by atoms with E-state index in [1.54, 1.807) is 0 Å². The first-order valence-electron chi connectivity index (χ1n) is 33.1. The quantitative estimate of drug-likeness (QED) is 0.0548. The zero-order valence-corrected chi connectivity index (χ0v) is 53.2. The molecule has 0 atom stereocenters. The summed E-state index contributed by atoms with van der Waals surface area (Å²) in [5.74, 6) is 0. The molecule has 0 heterocycles. The molecule has 0 aliphatic rings. The molecule has 0 spiro atoms. The van der Waals surface area contributed by atoms with E-state index in [1.165, 1.54) is 0 Å². The summed E-state index contributed by atoms with van der Waals surface area (Å²) in [6, 6.07) is 0. The lowest BCUT2D eigenvalue weighted by Gasteiger charge is -2.08. The van der Waals surface area contributed by atoms with Crippen LogP contribution in [-0.2, 0) is 90.0 Å². The van der Waals surface area contributed by atoms with Gasteiger partial charge in [0.1, 0.15) is 0 Å². The molecule has 0 amide bonds. The molecular formula is C63H128O21. The highest BCUT2D eigenvalue weighted by molar-refractivity contribution is 4.49. The molecule has 21 heteroatoms. The second-order valence-corrected chi connectivity index (χ2v) is 20.2. The average molecular weight is 1220 g/mol. The SMILES string of the molecule is OCCCOCCCOCCCOCCCOCCCOCCCOCCCOCCCOCCCOCCCCCCOCCCOCCCOCCCOCCCOCCCOCCCOCCCOCCCOCCCOCCCO. The lowest BCUT2D eigenvalue weighted by atomic mass is 10.2. The van der Waals surface area contributed by atoms with Gasteiger partial charge in [0, 0.05) is 264 Å². The van der Waals surface area contributed by atoms with Gasteiger partial charge in [-0.05, 0) is 135 Å². The maximum atomic E-state index is 8.71. The fraction of sp³-hybridized carbons (Fsp3) is 1.00. The van der Waals surface area contributed by atoms with Gasteiger partial charge in [-0.2, -0.15) is 0 Å². The van der Waals surface area contributed by atoms with Crippen LogP contribution in [-0.4, -0.2) is 274 Å². The number of ether oxygens (including phenoxy) is 19. The molecule has 0 unspecified atom stereocenters. The third-order valence-corrected chi connectivity index (χ3v) is 12.0. The van der Waals surface area contributed by atoms with Crippen molar-refractivity contribution in [2.75, 3.05) is 264 Å². The zero-order valence-electron chi connectivity index (χ0n) is 53.2. The molecule has 2 N–H and O–H groups in total. The second kappa shape index (κ2) is 82.2. The van der Waals surface area contributed by atoms with Gasteiger partial charge in [-0.25, -0.2) is 0 Å². The Morgan fingerprint density at radius 3 is 0.274 bits per heavy atom. The van der Waals surface area contributed by atoms with Gasteiger partial charge in [-0.3, -0.25) is 0 Å². The number of hydrogen-bond donors (Lipinski definition) is 2. The van der Waals surface area contributed by atoms with Crippen LogP contribution in [0.15, 0.2) is 0 Å². The molecule has 0 rings (SSSR count). The van der Waals surface area contributed by atoms with Crippen molar-refractivity contribution in [2.24, 2.45) is 0 Å². The van der Waals surface area contributed by atoms with Crippen LogP contribution in [0.1, 0.15) is 148 Å². The maximum Gasteiger partial charge on any atom is 0.0488 e. The van der Waals surface area contributed by atoms with Gasteiger partial charge in [0.05, 0.1) is 0 Å². The van der Waals surface area contributed by atoms with Crippen LogP contribution in [0, 0.1) is 0 Å². The van der Waals surface area contributed by atoms with Crippen LogP contribution in [0.4, 0.5) is 0 Å². The molecule has 0 bridgehead atoms. The van der Waals surface area contributed by atoms with Gasteiger partial charge in [0.2, 0.25) is 0 Å². The molecule has 0 fully saturated rings. The second-order valence-electron chi connectivity index (χ2n) is 20.2. The van der Waals surface area contributed by atoms with E-state index in [9.17, 15) is 0 Å². The van der Waals surface area contributed by atoms with Crippen molar-refractivity contribution < 1.29 is 100 Å². The van der Waals surface area contributed by atoms with Gasteiger partial charge in [0.25, 0.3) is 0 Å². The zero-order chi connectivity index (χ0) is 60.0. The minimum absolute atomic E-state index is 0.176. The number of hydrogen-bond acceptors (Lipinski definition) is 21. The molecule has 0 aromatic rings. The maximum absolute atomic E-state index is 8.71. The Kier molecular flexibility index (Phi) is 81.3.